The van der Waals surface area contributed by atoms with E-state index in [1.165, 1.54) is 11.3 Å². The van der Waals surface area contributed by atoms with E-state index < -0.39 is 0 Å². The van der Waals surface area contributed by atoms with Gasteiger partial charge in [-0.2, -0.15) is 0 Å². The van der Waals surface area contributed by atoms with Crippen molar-refractivity contribution in [3.05, 3.63) is 44.4 Å². The summed E-state index contributed by atoms with van der Waals surface area (Å²) in [6, 6.07) is 6.10. The molecule has 1 aliphatic rings. The van der Waals surface area contributed by atoms with Crippen molar-refractivity contribution in [1.29, 1.82) is 0 Å². The molecule has 1 aliphatic carbocycles. The average molecular weight is 340 g/mol. The van der Waals surface area contributed by atoms with Crippen LogP contribution in [-0.4, -0.2) is 16.8 Å². The van der Waals surface area contributed by atoms with Gasteiger partial charge in [0.1, 0.15) is 5.76 Å². The second kappa shape index (κ2) is 5.13. The Kier molecular flexibility index (Phi) is 3.50. The minimum absolute atomic E-state index is 0.109. The molecular weight excluding hydrogens is 326 g/mol. The van der Waals surface area contributed by atoms with Crippen LogP contribution in [0.5, 0.6) is 0 Å². The quantitative estimate of drug-likeness (QED) is 0.835. The van der Waals surface area contributed by atoms with E-state index in [0.29, 0.717) is 12.6 Å². The number of rotatable bonds is 4. The summed E-state index contributed by atoms with van der Waals surface area (Å²) in [5.41, 5.74) is 1.11. The lowest BCUT2D eigenvalue weighted by Crippen LogP contribution is -2.31. The molecule has 5 heteroatoms. The molecule has 0 atom stereocenters. The minimum atomic E-state index is 0.109. The van der Waals surface area contributed by atoms with E-state index in [-0.39, 0.29) is 5.91 Å². The molecular formula is C14H14BrNO2S. The summed E-state index contributed by atoms with van der Waals surface area (Å²) in [5, 5.41) is 0. The maximum Gasteiger partial charge on any atom is 0.264 e. The molecule has 3 rings (SSSR count). The molecule has 2 aromatic heterocycles. The number of furan rings is 1. The zero-order valence-electron chi connectivity index (χ0n) is 10.6. The van der Waals surface area contributed by atoms with E-state index >= 15 is 0 Å². The van der Waals surface area contributed by atoms with Crippen LogP contribution in [0.3, 0.4) is 0 Å². The Morgan fingerprint density at radius 2 is 2.37 bits per heavy atom. The number of hydrogen-bond acceptors (Lipinski definition) is 3. The third-order valence-corrected chi connectivity index (χ3v) is 5.35. The average Bonchev–Trinajstić information content (AvgIpc) is 3.00. The number of amides is 1. The van der Waals surface area contributed by atoms with Crippen LogP contribution in [-0.2, 0) is 6.54 Å². The number of halogens is 1. The maximum absolute atomic E-state index is 12.6. The van der Waals surface area contributed by atoms with Crippen molar-refractivity contribution >= 4 is 33.2 Å². The van der Waals surface area contributed by atoms with Gasteiger partial charge in [-0.3, -0.25) is 4.79 Å². The highest BCUT2D eigenvalue weighted by Gasteiger charge is 2.34. The lowest BCUT2D eigenvalue weighted by Gasteiger charge is -2.20. The molecule has 19 heavy (non-hydrogen) atoms. The summed E-state index contributed by atoms with van der Waals surface area (Å²) in [6.45, 7) is 2.57. The normalized spacial score (nSPS) is 14.6. The summed E-state index contributed by atoms with van der Waals surface area (Å²) >= 11 is 4.98. The molecule has 0 aliphatic heterocycles. The van der Waals surface area contributed by atoms with Crippen LogP contribution in [0.25, 0.3) is 0 Å². The van der Waals surface area contributed by atoms with Gasteiger partial charge in [0, 0.05) is 6.04 Å². The summed E-state index contributed by atoms with van der Waals surface area (Å²) in [6.07, 6.45) is 3.84. The third-order valence-electron chi connectivity index (χ3n) is 3.22. The Hall–Kier alpha value is -1.07. The van der Waals surface area contributed by atoms with Crippen LogP contribution >= 0.6 is 27.3 Å². The number of carbonyl (C=O) groups is 1. The molecule has 0 radical (unpaired) electrons. The zero-order chi connectivity index (χ0) is 13.4. The molecule has 0 saturated heterocycles. The first kappa shape index (κ1) is 12.9. The number of nitrogens with zero attached hydrogens (tertiary/aromatic N) is 1. The largest absolute Gasteiger partial charge is 0.467 e. The highest BCUT2D eigenvalue weighted by molar-refractivity contribution is 9.11. The molecule has 1 saturated carbocycles. The van der Waals surface area contributed by atoms with Crippen LogP contribution in [0.4, 0.5) is 0 Å². The van der Waals surface area contributed by atoms with Gasteiger partial charge < -0.3 is 9.32 Å². The summed E-state index contributed by atoms with van der Waals surface area (Å²) in [7, 11) is 0. The fraction of sp³-hybridized carbons (Fsp3) is 0.357. The molecule has 3 nitrogen and oxygen atoms in total. The number of aryl methyl sites for hydroxylation is 1. The standard InChI is InChI=1S/C14H14BrNO2S/c1-9-7-12(19-13(9)15)14(17)16(10-4-5-10)8-11-3-2-6-18-11/h2-3,6-7,10H,4-5,8H2,1H3. The van der Waals surface area contributed by atoms with E-state index in [9.17, 15) is 4.79 Å². The van der Waals surface area contributed by atoms with Crippen molar-refractivity contribution in [3.63, 3.8) is 0 Å². The minimum Gasteiger partial charge on any atom is -0.467 e. The smallest absolute Gasteiger partial charge is 0.264 e. The van der Waals surface area contributed by atoms with Crippen molar-refractivity contribution < 1.29 is 9.21 Å². The Bertz CT molecular complexity index is 567. The summed E-state index contributed by atoms with van der Waals surface area (Å²) in [5.74, 6) is 0.949. The van der Waals surface area contributed by atoms with Gasteiger partial charge in [-0.25, -0.2) is 0 Å². The van der Waals surface area contributed by atoms with Crippen molar-refractivity contribution in [2.45, 2.75) is 32.4 Å². The molecule has 1 fully saturated rings. The molecule has 2 aromatic rings. The molecule has 0 spiro atoms. The van der Waals surface area contributed by atoms with Gasteiger partial charge in [-0.1, -0.05) is 0 Å². The van der Waals surface area contributed by atoms with Gasteiger partial charge in [0.2, 0.25) is 0 Å². The van der Waals surface area contributed by atoms with Crippen molar-refractivity contribution in [1.82, 2.24) is 4.90 Å². The monoisotopic (exact) mass is 339 g/mol. The van der Waals surface area contributed by atoms with Crippen molar-refractivity contribution in [2.24, 2.45) is 0 Å². The highest BCUT2D eigenvalue weighted by Crippen LogP contribution is 2.33. The maximum atomic E-state index is 12.6. The predicted molar refractivity (Wildman–Crippen MR) is 78.4 cm³/mol. The lowest BCUT2D eigenvalue weighted by atomic mass is 10.3. The second-order valence-electron chi connectivity index (χ2n) is 4.81. The van der Waals surface area contributed by atoms with Gasteiger partial charge in [0.05, 0.1) is 21.5 Å². The van der Waals surface area contributed by atoms with Crippen LogP contribution in [0.2, 0.25) is 0 Å². The first-order chi connectivity index (χ1) is 9.15. The first-order valence-corrected chi connectivity index (χ1v) is 7.85. The van der Waals surface area contributed by atoms with Crippen LogP contribution in [0, 0.1) is 6.92 Å². The first-order valence-electron chi connectivity index (χ1n) is 6.24. The lowest BCUT2D eigenvalue weighted by molar-refractivity contribution is 0.0722. The molecule has 0 N–H and O–H groups in total. The summed E-state index contributed by atoms with van der Waals surface area (Å²) in [4.78, 5) is 15.3. The molecule has 1 amide bonds. The van der Waals surface area contributed by atoms with Gasteiger partial charge in [0.15, 0.2) is 0 Å². The SMILES string of the molecule is Cc1cc(C(=O)N(Cc2ccco2)C2CC2)sc1Br. The zero-order valence-corrected chi connectivity index (χ0v) is 13.0. The van der Waals surface area contributed by atoms with E-state index in [2.05, 4.69) is 15.9 Å². The number of hydrogen-bond donors (Lipinski definition) is 0. The number of thiophene rings is 1. The van der Waals surface area contributed by atoms with E-state index in [1.807, 2.05) is 30.0 Å². The van der Waals surface area contributed by atoms with E-state index in [4.69, 9.17) is 4.42 Å². The van der Waals surface area contributed by atoms with Gasteiger partial charge in [-0.05, 0) is 59.5 Å². The van der Waals surface area contributed by atoms with Gasteiger partial charge in [-0.15, -0.1) is 11.3 Å². The summed E-state index contributed by atoms with van der Waals surface area (Å²) < 4.78 is 6.39. The topological polar surface area (TPSA) is 33.5 Å². The molecule has 2 heterocycles. The van der Waals surface area contributed by atoms with E-state index in [1.54, 1.807) is 6.26 Å². The van der Waals surface area contributed by atoms with Crippen LogP contribution in [0.1, 0.15) is 33.8 Å². The Morgan fingerprint density at radius 3 is 2.89 bits per heavy atom. The molecule has 0 aromatic carbocycles. The number of carbonyl (C=O) groups excluding carboxylic acids is 1. The highest BCUT2D eigenvalue weighted by atomic mass is 79.9. The molecule has 0 bridgehead atoms. The van der Waals surface area contributed by atoms with Crippen molar-refractivity contribution in [2.75, 3.05) is 0 Å². The Labute approximate surface area is 124 Å². The fourth-order valence-electron chi connectivity index (χ4n) is 2.03. The Morgan fingerprint density at radius 1 is 1.58 bits per heavy atom. The predicted octanol–water partition coefficient (Wildman–Crippen LogP) is 4.22. The molecule has 0 unspecified atom stereocenters. The Balaban J connectivity index is 1.81. The van der Waals surface area contributed by atoms with E-state index in [0.717, 1.165) is 32.8 Å². The fourth-order valence-corrected chi connectivity index (χ4v) is 3.52. The van der Waals surface area contributed by atoms with Gasteiger partial charge >= 0.3 is 0 Å². The van der Waals surface area contributed by atoms with Crippen LogP contribution in [0.15, 0.2) is 32.7 Å². The second-order valence-corrected chi connectivity index (χ2v) is 7.18. The van der Waals surface area contributed by atoms with Crippen molar-refractivity contribution in [3.8, 4) is 0 Å². The van der Waals surface area contributed by atoms with Crippen LogP contribution < -0.4 is 0 Å². The molecule has 100 valence electrons. The van der Waals surface area contributed by atoms with Gasteiger partial charge in [0.25, 0.3) is 5.91 Å². The third kappa shape index (κ3) is 2.77.